The van der Waals surface area contributed by atoms with Gasteiger partial charge < -0.3 is 5.32 Å². The van der Waals surface area contributed by atoms with Crippen LogP contribution in [0, 0.1) is 5.92 Å². The molecule has 2 saturated heterocycles. The molecule has 0 aromatic heterocycles. The van der Waals surface area contributed by atoms with Gasteiger partial charge in [-0.3, -0.25) is 0 Å². The molecule has 0 bridgehead atoms. The Morgan fingerprint density at radius 3 is 2.65 bits per heavy atom. The Morgan fingerprint density at radius 1 is 1.22 bits per heavy atom. The molecule has 0 saturated carbocycles. The lowest BCUT2D eigenvalue weighted by molar-refractivity contribution is -0.137. The molecule has 1 N–H and O–H groups in total. The number of hydrogen-bond donors (Lipinski definition) is 1. The molecule has 2 unspecified atom stereocenters. The van der Waals surface area contributed by atoms with E-state index in [0.717, 1.165) is 25.1 Å². The number of rotatable bonds is 2. The molecular formula is C14H18ClF3N2O2S. The highest BCUT2D eigenvalue weighted by molar-refractivity contribution is 7.89. The number of alkyl halides is 3. The fourth-order valence-electron chi connectivity index (χ4n) is 3.21. The maximum absolute atomic E-state index is 12.8. The van der Waals surface area contributed by atoms with Gasteiger partial charge in [0.05, 0.1) is 10.5 Å². The highest BCUT2D eigenvalue weighted by Crippen LogP contribution is 2.33. The predicted molar refractivity (Wildman–Crippen MR) is 82.0 cm³/mol. The van der Waals surface area contributed by atoms with E-state index in [2.05, 4.69) is 5.32 Å². The Bertz CT molecular complexity index is 666. The number of benzene rings is 1. The highest BCUT2D eigenvalue weighted by atomic mass is 35.5. The van der Waals surface area contributed by atoms with Crippen LogP contribution in [0.15, 0.2) is 29.2 Å². The Kier molecular flexibility index (Phi) is 5.30. The van der Waals surface area contributed by atoms with E-state index in [1.54, 1.807) is 0 Å². The van der Waals surface area contributed by atoms with Gasteiger partial charge in [-0.1, -0.05) is 6.07 Å². The van der Waals surface area contributed by atoms with Crippen molar-refractivity contribution in [3.8, 4) is 0 Å². The molecule has 0 spiro atoms. The molecule has 2 atom stereocenters. The Morgan fingerprint density at radius 2 is 1.96 bits per heavy atom. The molecule has 0 radical (unpaired) electrons. The second-order valence-electron chi connectivity index (χ2n) is 5.79. The van der Waals surface area contributed by atoms with Crippen molar-refractivity contribution >= 4 is 22.4 Å². The first-order valence-electron chi connectivity index (χ1n) is 7.19. The Hall–Kier alpha value is -0.830. The molecule has 1 aromatic rings. The predicted octanol–water partition coefficient (Wildman–Crippen LogP) is 2.50. The minimum Gasteiger partial charge on any atom is -0.314 e. The third-order valence-corrected chi connectivity index (χ3v) is 6.28. The third-order valence-electron chi connectivity index (χ3n) is 4.42. The molecule has 2 fully saturated rings. The first-order valence-corrected chi connectivity index (χ1v) is 8.63. The normalized spacial score (nSPS) is 25.7. The van der Waals surface area contributed by atoms with Gasteiger partial charge in [-0.25, -0.2) is 8.42 Å². The summed E-state index contributed by atoms with van der Waals surface area (Å²) in [7, 11) is -3.88. The summed E-state index contributed by atoms with van der Waals surface area (Å²) in [5.41, 5.74) is -0.939. The van der Waals surface area contributed by atoms with Gasteiger partial charge in [-0.05, 0) is 43.5 Å². The second-order valence-corrected chi connectivity index (χ2v) is 7.72. The molecule has 4 nitrogen and oxygen atoms in total. The summed E-state index contributed by atoms with van der Waals surface area (Å²) in [6.07, 6.45) is -2.95. The lowest BCUT2D eigenvalue weighted by Gasteiger charge is -2.34. The Labute approximate surface area is 139 Å². The minimum absolute atomic E-state index is 0. The summed E-state index contributed by atoms with van der Waals surface area (Å²) < 4.78 is 64.8. The topological polar surface area (TPSA) is 49.4 Å². The first-order chi connectivity index (χ1) is 10.3. The number of nitrogens with zero attached hydrogens (tertiary/aromatic N) is 1. The van der Waals surface area contributed by atoms with E-state index >= 15 is 0 Å². The lowest BCUT2D eigenvalue weighted by Crippen LogP contribution is -2.46. The number of halogens is 4. The van der Waals surface area contributed by atoms with Crippen molar-refractivity contribution in [1.29, 1.82) is 0 Å². The van der Waals surface area contributed by atoms with Crippen LogP contribution >= 0.6 is 12.4 Å². The van der Waals surface area contributed by atoms with E-state index in [0.29, 0.717) is 31.6 Å². The van der Waals surface area contributed by atoms with Gasteiger partial charge in [0.1, 0.15) is 0 Å². The zero-order valence-corrected chi connectivity index (χ0v) is 13.8. The molecule has 3 rings (SSSR count). The fourth-order valence-corrected chi connectivity index (χ4v) is 4.77. The van der Waals surface area contributed by atoms with Crippen molar-refractivity contribution in [2.45, 2.75) is 30.0 Å². The first kappa shape index (κ1) is 18.5. The average molecular weight is 371 g/mol. The zero-order chi connectivity index (χ0) is 16.0. The summed E-state index contributed by atoms with van der Waals surface area (Å²) in [5.74, 6) is 0.245. The maximum atomic E-state index is 12.8. The molecule has 2 aliphatic heterocycles. The summed E-state index contributed by atoms with van der Waals surface area (Å²) in [4.78, 5) is -0.285. The molecular weight excluding hydrogens is 353 g/mol. The van der Waals surface area contributed by atoms with E-state index in [4.69, 9.17) is 0 Å². The third kappa shape index (κ3) is 3.65. The standard InChI is InChI=1S/C14H17F3N2O2S.ClH/c15-14(16,17)11-2-1-3-12(8-11)22(20,21)19-7-5-13-10(9-19)4-6-18-13;/h1-3,8,10,13,18H,4-7,9H2;1H. The molecule has 2 aliphatic rings. The van der Waals surface area contributed by atoms with E-state index in [9.17, 15) is 21.6 Å². The van der Waals surface area contributed by atoms with Gasteiger partial charge in [0.15, 0.2) is 0 Å². The van der Waals surface area contributed by atoms with Crippen molar-refractivity contribution in [1.82, 2.24) is 9.62 Å². The lowest BCUT2D eigenvalue weighted by atomic mass is 9.95. The number of nitrogens with one attached hydrogen (secondary N) is 1. The number of sulfonamides is 1. The second kappa shape index (κ2) is 6.58. The largest absolute Gasteiger partial charge is 0.416 e. The van der Waals surface area contributed by atoms with Crippen LogP contribution < -0.4 is 5.32 Å². The highest BCUT2D eigenvalue weighted by Gasteiger charge is 2.38. The maximum Gasteiger partial charge on any atom is 0.416 e. The number of hydrogen-bond acceptors (Lipinski definition) is 3. The van der Waals surface area contributed by atoms with Crippen LogP contribution in [0.4, 0.5) is 13.2 Å². The SMILES string of the molecule is Cl.O=S(=O)(c1cccc(C(F)(F)F)c1)N1CCC2NCCC2C1. The van der Waals surface area contributed by atoms with Crippen LogP contribution in [0.2, 0.25) is 0 Å². The molecule has 1 aromatic carbocycles. The summed E-state index contributed by atoms with van der Waals surface area (Å²) in [6, 6.07) is 4.29. The minimum atomic E-state index is -4.55. The van der Waals surface area contributed by atoms with Gasteiger partial charge >= 0.3 is 6.18 Å². The molecule has 0 amide bonds. The van der Waals surface area contributed by atoms with E-state index in [1.807, 2.05) is 0 Å². The van der Waals surface area contributed by atoms with Crippen molar-refractivity contribution < 1.29 is 21.6 Å². The zero-order valence-electron chi connectivity index (χ0n) is 12.2. The van der Waals surface area contributed by atoms with Crippen LogP contribution in [0.25, 0.3) is 0 Å². The summed E-state index contributed by atoms with van der Waals surface area (Å²) in [6.45, 7) is 1.58. The van der Waals surface area contributed by atoms with Crippen molar-refractivity contribution in [2.75, 3.05) is 19.6 Å². The Balaban J connectivity index is 0.00000192. The van der Waals surface area contributed by atoms with Crippen LogP contribution in [0.1, 0.15) is 18.4 Å². The van der Waals surface area contributed by atoms with Crippen LogP contribution in [-0.4, -0.2) is 38.4 Å². The van der Waals surface area contributed by atoms with Crippen LogP contribution in [0.5, 0.6) is 0 Å². The molecule has 2 heterocycles. The van der Waals surface area contributed by atoms with Gasteiger partial charge in [0.2, 0.25) is 10.0 Å². The molecule has 9 heteroatoms. The van der Waals surface area contributed by atoms with Gasteiger partial charge in [-0.15, -0.1) is 12.4 Å². The number of piperidine rings is 1. The van der Waals surface area contributed by atoms with Crippen LogP contribution in [0.3, 0.4) is 0 Å². The van der Waals surface area contributed by atoms with E-state index < -0.39 is 21.8 Å². The van der Waals surface area contributed by atoms with E-state index in [-0.39, 0.29) is 23.2 Å². The smallest absolute Gasteiger partial charge is 0.314 e. The fraction of sp³-hybridized carbons (Fsp3) is 0.571. The van der Waals surface area contributed by atoms with Gasteiger partial charge in [-0.2, -0.15) is 17.5 Å². The monoisotopic (exact) mass is 370 g/mol. The van der Waals surface area contributed by atoms with Crippen molar-refractivity contribution in [3.63, 3.8) is 0 Å². The van der Waals surface area contributed by atoms with Gasteiger partial charge in [0, 0.05) is 19.1 Å². The molecule has 0 aliphatic carbocycles. The average Bonchev–Trinajstić information content (AvgIpc) is 2.94. The van der Waals surface area contributed by atoms with Crippen LogP contribution in [-0.2, 0) is 16.2 Å². The number of fused-ring (bicyclic) bond motifs is 1. The van der Waals surface area contributed by atoms with E-state index in [1.165, 1.54) is 10.4 Å². The summed E-state index contributed by atoms with van der Waals surface area (Å²) in [5, 5.41) is 3.33. The van der Waals surface area contributed by atoms with Crippen molar-refractivity contribution in [3.05, 3.63) is 29.8 Å². The van der Waals surface area contributed by atoms with Gasteiger partial charge in [0.25, 0.3) is 0 Å². The summed E-state index contributed by atoms with van der Waals surface area (Å²) >= 11 is 0. The molecule has 23 heavy (non-hydrogen) atoms. The van der Waals surface area contributed by atoms with Crippen molar-refractivity contribution in [2.24, 2.45) is 5.92 Å². The quantitative estimate of drug-likeness (QED) is 0.870. The molecule has 130 valence electrons.